The number of nitrogens with two attached hydrogens (primary N) is 2. The lowest BCUT2D eigenvalue weighted by atomic mass is 10.0. The lowest BCUT2D eigenvalue weighted by Crippen LogP contribution is -2.37. The summed E-state index contributed by atoms with van der Waals surface area (Å²) in [6.07, 6.45) is -8.96. The van der Waals surface area contributed by atoms with Gasteiger partial charge in [0.15, 0.2) is 0 Å². The van der Waals surface area contributed by atoms with E-state index in [4.69, 9.17) is 11.5 Å². The molecule has 1 unspecified atom stereocenters. The van der Waals surface area contributed by atoms with Crippen LogP contribution in [0.5, 0.6) is 0 Å². The Morgan fingerprint density at radius 2 is 1.52 bits per heavy atom. The van der Waals surface area contributed by atoms with E-state index in [1.165, 1.54) is 0 Å². The average Bonchev–Trinajstić information content (AvgIpc) is 2.48. The Labute approximate surface area is 146 Å². The lowest BCUT2D eigenvalue weighted by Gasteiger charge is -2.15. The van der Waals surface area contributed by atoms with Crippen LogP contribution in [0.3, 0.4) is 0 Å². The van der Waals surface area contributed by atoms with Crippen molar-refractivity contribution in [2.24, 2.45) is 11.5 Å². The van der Waals surface area contributed by atoms with E-state index in [0.29, 0.717) is 31.5 Å². The van der Waals surface area contributed by atoms with Crippen molar-refractivity contribution in [2.75, 3.05) is 13.1 Å². The zero-order valence-corrected chi connectivity index (χ0v) is 13.7. The normalized spacial score (nSPS) is 13.1. The highest BCUT2D eigenvalue weighted by molar-refractivity contribution is 5.94. The molecular formula is C14H18ClF6N3O. The molecule has 0 radical (unpaired) electrons. The molecule has 1 aromatic rings. The first-order chi connectivity index (χ1) is 10.9. The van der Waals surface area contributed by atoms with Crippen molar-refractivity contribution in [3.05, 3.63) is 34.9 Å². The van der Waals surface area contributed by atoms with Gasteiger partial charge in [-0.1, -0.05) is 0 Å². The van der Waals surface area contributed by atoms with Crippen molar-refractivity contribution in [1.29, 1.82) is 0 Å². The largest absolute Gasteiger partial charge is 0.416 e. The second kappa shape index (κ2) is 9.25. The highest BCUT2D eigenvalue weighted by Gasteiger charge is 2.37. The Hall–Kier alpha value is -1.52. The van der Waals surface area contributed by atoms with Gasteiger partial charge in [-0.05, 0) is 37.6 Å². The number of carbonyl (C=O) groups is 1. The molecule has 1 amide bonds. The summed E-state index contributed by atoms with van der Waals surface area (Å²) in [4.78, 5) is 11.9. The molecular weight excluding hydrogens is 376 g/mol. The second-order valence-electron chi connectivity index (χ2n) is 5.20. The maximum Gasteiger partial charge on any atom is 0.416 e. The lowest BCUT2D eigenvalue weighted by molar-refractivity contribution is -0.143. The first-order valence-electron chi connectivity index (χ1n) is 6.98. The average molecular weight is 394 g/mol. The van der Waals surface area contributed by atoms with Gasteiger partial charge in [-0.25, -0.2) is 0 Å². The molecule has 1 aromatic carbocycles. The number of rotatable bonds is 6. The highest BCUT2D eigenvalue weighted by atomic mass is 35.5. The van der Waals surface area contributed by atoms with Gasteiger partial charge in [-0.2, -0.15) is 26.3 Å². The van der Waals surface area contributed by atoms with Crippen molar-refractivity contribution in [3.63, 3.8) is 0 Å². The van der Waals surface area contributed by atoms with Crippen LogP contribution in [0.25, 0.3) is 0 Å². The molecule has 0 saturated heterocycles. The number of hydrogen-bond donors (Lipinski definition) is 3. The summed E-state index contributed by atoms with van der Waals surface area (Å²) >= 11 is 0. The van der Waals surface area contributed by atoms with Gasteiger partial charge >= 0.3 is 12.4 Å². The van der Waals surface area contributed by atoms with Gasteiger partial charge in [0.25, 0.3) is 5.91 Å². The molecule has 0 aromatic heterocycles. The minimum absolute atomic E-state index is 0. The number of carbonyl (C=O) groups excluding carboxylic acids is 1. The van der Waals surface area contributed by atoms with E-state index in [2.05, 4.69) is 5.32 Å². The summed E-state index contributed by atoms with van der Waals surface area (Å²) < 4.78 is 76.3. The number of benzene rings is 1. The molecule has 4 nitrogen and oxygen atoms in total. The van der Waals surface area contributed by atoms with Crippen LogP contribution in [0.2, 0.25) is 0 Å². The molecule has 0 heterocycles. The minimum atomic E-state index is -5.01. The van der Waals surface area contributed by atoms with Crippen molar-refractivity contribution < 1.29 is 31.1 Å². The van der Waals surface area contributed by atoms with E-state index in [0.717, 1.165) is 0 Å². The highest BCUT2D eigenvalue weighted by Crippen LogP contribution is 2.36. The molecule has 0 bridgehead atoms. The van der Waals surface area contributed by atoms with Crippen LogP contribution in [0.15, 0.2) is 18.2 Å². The molecule has 0 aliphatic carbocycles. The Morgan fingerprint density at radius 1 is 1.04 bits per heavy atom. The first kappa shape index (κ1) is 23.5. The number of alkyl halides is 6. The molecule has 1 atom stereocenters. The molecule has 25 heavy (non-hydrogen) atoms. The van der Waals surface area contributed by atoms with Crippen LogP contribution in [0, 0.1) is 0 Å². The predicted molar refractivity (Wildman–Crippen MR) is 82.3 cm³/mol. The van der Waals surface area contributed by atoms with Crippen LogP contribution >= 0.6 is 12.4 Å². The summed E-state index contributed by atoms with van der Waals surface area (Å²) in [5.74, 6) is -1.06. The number of hydrogen-bond acceptors (Lipinski definition) is 3. The van der Waals surface area contributed by atoms with E-state index in [1.54, 1.807) is 0 Å². The number of nitrogens with one attached hydrogen (secondary N) is 1. The van der Waals surface area contributed by atoms with Gasteiger partial charge in [0.05, 0.1) is 11.1 Å². The summed E-state index contributed by atoms with van der Waals surface area (Å²) in [5, 5.41) is 2.23. The van der Waals surface area contributed by atoms with Crippen molar-refractivity contribution >= 4 is 18.3 Å². The van der Waals surface area contributed by atoms with E-state index in [-0.39, 0.29) is 25.0 Å². The summed E-state index contributed by atoms with van der Waals surface area (Å²) in [7, 11) is 0. The predicted octanol–water partition coefficient (Wildman–Crippen LogP) is 2.94. The van der Waals surface area contributed by atoms with Crippen LogP contribution in [0.1, 0.15) is 34.3 Å². The minimum Gasteiger partial charge on any atom is -0.350 e. The maximum absolute atomic E-state index is 12.7. The van der Waals surface area contributed by atoms with Crippen LogP contribution in [0.4, 0.5) is 26.3 Å². The molecule has 0 aliphatic rings. The zero-order valence-electron chi connectivity index (χ0n) is 12.9. The quantitative estimate of drug-likeness (QED) is 0.650. The summed E-state index contributed by atoms with van der Waals surface area (Å²) in [5.41, 5.74) is 7.11. The van der Waals surface area contributed by atoms with Gasteiger partial charge in [-0.15, -0.1) is 12.4 Å². The van der Waals surface area contributed by atoms with Gasteiger partial charge in [0, 0.05) is 18.2 Å². The Kier molecular flexibility index (Phi) is 8.69. The van der Waals surface area contributed by atoms with Gasteiger partial charge in [0.1, 0.15) is 0 Å². The summed E-state index contributed by atoms with van der Waals surface area (Å²) in [6, 6.07) is 0.209. The molecule has 144 valence electrons. The van der Waals surface area contributed by atoms with Crippen molar-refractivity contribution in [3.8, 4) is 0 Å². The molecule has 11 heteroatoms. The summed E-state index contributed by atoms with van der Waals surface area (Å²) in [6.45, 7) is 0.292. The van der Waals surface area contributed by atoms with E-state index >= 15 is 0 Å². The van der Waals surface area contributed by atoms with Crippen LogP contribution in [-0.4, -0.2) is 25.0 Å². The topological polar surface area (TPSA) is 81.1 Å². The first-order valence-corrected chi connectivity index (χ1v) is 6.98. The number of halogens is 7. The fourth-order valence-corrected chi connectivity index (χ4v) is 1.89. The smallest absolute Gasteiger partial charge is 0.350 e. The molecule has 1 rings (SSSR count). The van der Waals surface area contributed by atoms with E-state index in [9.17, 15) is 31.1 Å². The molecule has 0 fully saturated rings. The monoisotopic (exact) mass is 393 g/mol. The molecule has 0 aliphatic heterocycles. The third-order valence-electron chi connectivity index (χ3n) is 3.15. The fourth-order valence-electron chi connectivity index (χ4n) is 1.89. The molecule has 5 N–H and O–H groups in total. The van der Waals surface area contributed by atoms with E-state index in [1.807, 2.05) is 0 Å². The van der Waals surface area contributed by atoms with Crippen molar-refractivity contribution in [2.45, 2.75) is 31.2 Å². The third kappa shape index (κ3) is 7.49. The SMILES string of the molecule is Cl.NCCCC(N)CNC(=O)c1cc(C(F)(F)F)cc(C(F)(F)F)c1. The maximum atomic E-state index is 12.7. The van der Waals surface area contributed by atoms with Gasteiger partial charge in [-0.3, -0.25) is 4.79 Å². The Morgan fingerprint density at radius 3 is 1.92 bits per heavy atom. The fraction of sp³-hybridized carbons (Fsp3) is 0.500. The van der Waals surface area contributed by atoms with Crippen LogP contribution < -0.4 is 16.8 Å². The van der Waals surface area contributed by atoms with Gasteiger partial charge < -0.3 is 16.8 Å². The van der Waals surface area contributed by atoms with Crippen molar-refractivity contribution in [1.82, 2.24) is 5.32 Å². The van der Waals surface area contributed by atoms with E-state index < -0.39 is 41.0 Å². The Balaban J connectivity index is 0.00000576. The zero-order chi connectivity index (χ0) is 18.5. The van der Waals surface area contributed by atoms with Crippen LogP contribution in [-0.2, 0) is 12.4 Å². The third-order valence-corrected chi connectivity index (χ3v) is 3.15. The van der Waals surface area contributed by atoms with Gasteiger partial charge in [0.2, 0.25) is 0 Å². The standard InChI is InChI=1S/C14H17F6N3O.ClH/c15-13(16,17)9-4-8(5-10(6-9)14(18,19)20)12(24)23-7-11(22)2-1-3-21;/h4-6,11H,1-3,7,21-22H2,(H,23,24);1H. The number of amides is 1. The molecule has 0 saturated carbocycles. The molecule has 0 spiro atoms. The second-order valence-corrected chi connectivity index (χ2v) is 5.20. The Bertz CT molecular complexity index is 544.